The third kappa shape index (κ3) is 2.44. The highest BCUT2D eigenvalue weighted by atomic mass is 16.6. The van der Waals surface area contributed by atoms with Crippen molar-refractivity contribution in [3.8, 4) is 0 Å². The van der Waals surface area contributed by atoms with Gasteiger partial charge in [0.2, 0.25) is 5.91 Å². The van der Waals surface area contributed by atoms with Crippen LogP contribution in [0.3, 0.4) is 0 Å². The van der Waals surface area contributed by atoms with E-state index in [0.717, 1.165) is 25.7 Å². The van der Waals surface area contributed by atoms with Crippen LogP contribution in [0.1, 0.15) is 31.2 Å². The number of nitro groups is 1. The first kappa shape index (κ1) is 13.8. The third-order valence-corrected chi connectivity index (χ3v) is 4.39. The van der Waals surface area contributed by atoms with Crippen molar-refractivity contribution in [3.63, 3.8) is 0 Å². The van der Waals surface area contributed by atoms with E-state index in [1.165, 1.54) is 6.07 Å². The smallest absolute Gasteiger partial charge is 0.292 e. The van der Waals surface area contributed by atoms with E-state index in [1.54, 1.807) is 6.07 Å². The Bertz CT molecular complexity index is 608. The molecule has 7 nitrogen and oxygen atoms in total. The van der Waals surface area contributed by atoms with E-state index < -0.39 is 4.92 Å². The van der Waals surface area contributed by atoms with Crippen LogP contribution in [0, 0.1) is 10.1 Å². The first-order chi connectivity index (χ1) is 10.0. The molecule has 0 unspecified atom stereocenters. The Balaban J connectivity index is 1.99. The molecule has 0 aromatic heterocycles. The summed E-state index contributed by atoms with van der Waals surface area (Å²) in [4.78, 5) is 22.3. The van der Waals surface area contributed by atoms with Crippen molar-refractivity contribution in [2.24, 2.45) is 5.73 Å². The van der Waals surface area contributed by atoms with Gasteiger partial charge in [0.1, 0.15) is 5.69 Å². The van der Waals surface area contributed by atoms with Gasteiger partial charge in [0, 0.05) is 23.8 Å². The summed E-state index contributed by atoms with van der Waals surface area (Å²) in [6.07, 6.45) is 4.14. The Morgan fingerprint density at radius 3 is 2.71 bits per heavy atom. The quantitative estimate of drug-likeness (QED) is 0.578. The molecule has 0 spiro atoms. The summed E-state index contributed by atoms with van der Waals surface area (Å²) >= 11 is 0. The highest BCUT2D eigenvalue weighted by molar-refractivity contribution is 6.00. The normalized spacial score (nSPS) is 19.2. The van der Waals surface area contributed by atoms with Crippen LogP contribution in [0.15, 0.2) is 12.1 Å². The Morgan fingerprint density at radius 2 is 2.10 bits per heavy atom. The van der Waals surface area contributed by atoms with Crippen molar-refractivity contribution < 1.29 is 9.72 Å². The first-order valence-corrected chi connectivity index (χ1v) is 7.12. The van der Waals surface area contributed by atoms with Crippen LogP contribution in [0.25, 0.3) is 0 Å². The Morgan fingerprint density at radius 1 is 1.38 bits per heavy atom. The Kier molecular flexibility index (Phi) is 3.29. The molecular formula is C14H18N4O3. The number of nitrogens with one attached hydrogen (secondary N) is 2. The van der Waals surface area contributed by atoms with Crippen LogP contribution in [-0.2, 0) is 11.2 Å². The Hall–Kier alpha value is -2.15. The van der Waals surface area contributed by atoms with Gasteiger partial charge >= 0.3 is 0 Å². The van der Waals surface area contributed by atoms with Crippen LogP contribution in [0.2, 0.25) is 0 Å². The summed E-state index contributed by atoms with van der Waals surface area (Å²) in [7, 11) is 0. The molecule has 4 N–H and O–H groups in total. The van der Waals surface area contributed by atoms with Crippen molar-refractivity contribution in [2.45, 2.75) is 37.6 Å². The molecule has 0 radical (unpaired) electrons. The van der Waals surface area contributed by atoms with Gasteiger partial charge < -0.3 is 16.4 Å². The molecule has 0 atom stereocenters. The van der Waals surface area contributed by atoms with Crippen molar-refractivity contribution in [1.82, 2.24) is 0 Å². The van der Waals surface area contributed by atoms with E-state index in [9.17, 15) is 14.9 Å². The molecular weight excluding hydrogens is 272 g/mol. The lowest BCUT2D eigenvalue weighted by Crippen LogP contribution is -2.42. The number of hydrogen-bond acceptors (Lipinski definition) is 5. The molecule has 21 heavy (non-hydrogen) atoms. The van der Waals surface area contributed by atoms with E-state index >= 15 is 0 Å². The molecule has 3 rings (SSSR count). The minimum atomic E-state index is -0.412. The van der Waals surface area contributed by atoms with E-state index in [-0.39, 0.29) is 23.6 Å². The van der Waals surface area contributed by atoms with Gasteiger partial charge in [-0.15, -0.1) is 0 Å². The van der Waals surface area contributed by atoms with Crippen molar-refractivity contribution in [2.75, 3.05) is 17.2 Å². The molecule has 1 saturated carbocycles. The molecule has 1 heterocycles. The summed E-state index contributed by atoms with van der Waals surface area (Å²) < 4.78 is 0. The molecule has 1 aromatic carbocycles. The summed E-state index contributed by atoms with van der Waals surface area (Å²) in [5, 5.41) is 17.3. The summed E-state index contributed by atoms with van der Waals surface area (Å²) in [6, 6.07) is 3.14. The van der Waals surface area contributed by atoms with Gasteiger partial charge in [0.05, 0.1) is 11.3 Å². The highest BCUT2D eigenvalue weighted by Gasteiger charge is 2.35. The fourth-order valence-corrected chi connectivity index (χ4v) is 3.23. The maximum absolute atomic E-state index is 11.4. The maximum Gasteiger partial charge on any atom is 0.292 e. The number of carbonyl (C=O) groups is 1. The van der Waals surface area contributed by atoms with Gasteiger partial charge in [0.15, 0.2) is 0 Å². The standard InChI is InChI=1S/C14H18N4O3/c15-8-14(3-1-2-4-14)17-11-7-10-9(6-13(19)16-10)5-12(11)18(20)21/h5,7,17H,1-4,6,8,15H2,(H,16,19). The van der Waals surface area contributed by atoms with Gasteiger partial charge in [-0.05, 0) is 24.5 Å². The number of rotatable bonds is 4. The molecule has 0 saturated heterocycles. The summed E-state index contributed by atoms with van der Waals surface area (Å²) in [5.74, 6) is -0.133. The average molecular weight is 290 g/mol. The molecule has 1 aromatic rings. The topological polar surface area (TPSA) is 110 Å². The molecule has 0 bridgehead atoms. The number of anilines is 2. The number of nitrogens with zero attached hydrogens (tertiary/aromatic N) is 1. The SMILES string of the molecule is NCC1(Nc2cc3c(cc2[N+](=O)[O-])CC(=O)N3)CCCC1. The van der Waals surface area contributed by atoms with Gasteiger partial charge in [-0.2, -0.15) is 0 Å². The minimum Gasteiger partial charge on any atom is -0.373 e. The zero-order chi connectivity index (χ0) is 15.0. The van der Waals surface area contributed by atoms with Crippen LogP contribution >= 0.6 is 0 Å². The Labute approximate surface area is 122 Å². The van der Waals surface area contributed by atoms with E-state index in [0.29, 0.717) is 23.5 Å². The van der Waals surface area contributed by atoms with Gasteiger partial charge in [0.25, 0.3) is 5.69 Å². The molecule has 1 aliphatic heterocycles. The third-order valence-electron chi connectivity index (χ3n) is 4.39. The molecule has 1 amide bonds. The van der Waals surface area contributed by atoms with E-state index in [2.05, 4.69) is 10.6 Å². The number of carbonyl (C=O) groups excluding carboxylic acids is 1. The number of nitro benzene ring substituents is 1. The fourth-order valence-electron chi connectivity index (χ4n) is 3.23. The lowest BCUT2D eigenvalue weighted by molar-refractivity contribution is -0.384. The second kappa shape index (κ2) is 5.00. The van der Waals surface area contributed by atoms with E-state index in [4.69, 9.17) is 5.73 Å². The lowest BCUT2D eigenvalue weighted by atomic mass is 9.96. The monoisotopic (exact) mass is 290 g/mol. The van der Waals surface area contributed by atoms with Gasteiger partial charge in [-0.1, -0.05) is 12.8 Å². The molecule has 2 aliphatic rings. The van der Waals surface area contributed by atoms with Crippen molar-refractivity contribution in [3.05, 3.63) is 27.8 Å². The van der Waals surface area contributed by atoms with Gasteiger partial charge in [-0.3, -0.25) is 14.9 Å². The van der Waals surface area contributed by atoms with Crippen LogP contribution in [0.4, 0.5) is 17.1 Å². The van der Waals surface area contributed by atoms with Crippen LogP contribution < -0.4 is 16.4 Å². The van der Waals surface area contributed by atoms with Crippen molar-refractivity contribution in [1.29, 1.82) is 0 Å². The second-order valence-corrected chi connectivity index (χ2v) is 5.83. The van der Waals surface area contributed by atoms with Crippen molar-refractivity contribution >= 4 is 23.0 Å². The van der Waals surface area contributed by atoms with Gasteiger partial charge in [-0.25, -0.2) is 0 Å². The highest BCUT2D eigenvalue weighted by Crippen LogP contribution is 2.39. The first-order valence-electron chi connectivity index (χ1n) is 7.12. The minimum absolute atomic E-state index is 0.00461. The maximum atomic E-state index is 11.4. The molecule has 112 valence electrons. The zero-order valence-corrected chi connectivity index (χ0v) is 11.6. The number of hydrogen-bond donors (Lipinski definition) is 3. The average Bonchev–Trinajstić information content (AvgIpc) is 3.03. The zero-order valence-electron chi connectivity index (χ0n) is 11.6. The predicted molar refractivity (Wildman–Crippen MR) is 79.3 cm³/mol. The number of amides is 1. The molecule has 1 aliphatic carbocycles. The second-order valence-electron chi connectivity index (χ2n) is 5.83. The fraction of sp³-hybridized carbons (Fsp3) is 0.500. The summed E-state index contributed by atoms with van der Waals surface area (Å²) in [6.45, 7) is 0.438. The lowest BCUT2D eigenvalue weighted by Gasteiger charge is -2.30. The van der Waals surface area contributed by atoms with Crippen LogP contribution in [-0.4, -0.2) is 22.9 Å². The predicted octanol–water partition coefficient (Wildman–Crippen LogP) is 1.77. The molecule has 7 heteroatoms. The largest absolute Gasteiger partial charge is 0.373 e. The molecule has 1 fully saturated rings. The summed E-state index contributed by atoms with van der Waals surface area (Å²) in [5.41, 5.74) is 7.37. The van der Waals surface area contributed by atoms with Crippen LogP contribution in [0.5, 0.6) is 0 Å². The number of benzene rings is 1. The number of nitrogens with two attached hydrogens (primary N) is 1. The number of fused-ring (bicyclic) bond motifs is 1. The van der Waals surface area contributed by atoms with E-state index in [1.807, 2.05) is 0 Å².